The van der Waals surface area contributed by atoms with Gasteiger partial charge in [-0.2, -0.15) is 0 Å². The van der Waals surface area contributed by atoms with E-state index >= 15 is 0 Å². The zero-order chi connectivity index (χ0) is 32.2. The normalized spacial score (nSPS) is 11.7. The number of rotatable bonds is 11. The Balaban J connectivity index is 1.39. The van der Waals surface area contributed by atoms with Gasteiger partial charge in [0.05, 0.1) is 25.6 Å². The number of aromatic nitrogens is 4. The lowest BCUT2D eigenvalue weighted by Gasteiger charge is -2.14. The Morgan fingerprint density at radius 3 is 2.35 bits per heavy atom. The monoisotopic (exact) mass is 637 g/mol. The molecule has 0 unspecified atom stereocenters. The highest BCUT2D eigenvalue weighted by atomic mass is 32.1. The van der Waals surface area contributed by atoms with E-state index in [0.29, 0.717) is 39.7 Å². The number of nitrogens with zero attached hydrogens (tertiary/aromatic N) is 4. The molecule has 0 spiro atoms. The van der Waals surface area contributed by atoms with Gasteiger partial charge in [0.15, 0.2) is 5.82 Å². The summed E-state index contributed by atoms with van der Waals surface area (Å²) in [5, 5.41) is 8.60. The van der Waals surface area contributed by atoms with E-state index in [1.165, 1.54) is 15.9 Å². The summed E-state index contributed by atoms with van der Waals surface area (Å²) in [6.45, 7) is 4.35. The van der Waals surface area contributed by atoms with Crippen LogP contribution in [0, 0.1) is 0 Å². The van der Waals surface area contributed by atoms with Gasteiger partial charge < -0.3 is 9.57 Å². The van der Waals surface area contributed by atoms with Crippen molar-refractivity contribution in [2.24, 2.45) is 5.16 Å². The molecule has 3 aromatic heterocycles. The first kappa shape index (κ1) is 30.5. The molecular weight excluding hydrogens is 606 g/mol. The van der Waals surface area contributed by atoms with E-state index in [2.05, 4.69) is 15.3 Å². The van der Waals surface area contributed by atoms with Crippen molar-refractivity contribution >= 4 is 27.3 Å². The lowest BCUT2D eigenvalue weighted by molar-refractivity contribution is 0.158. The van der Waals surface area contributed by atoms with Crippen LogP contribution >= 0.6 is 11.3 Å². The Kier molecular flexibility index (Phi) is 8.79. The smallest absolute Gasteiger partial charge is 0.439 e. The summed E-state index contributed by atoms with van der Waals surface area (Å²) in [6.07, 6.45) is 0.737. The molecule has 234 valence electrons. The zero-order valence-corrected chi connectivity index (χ0v) is 26.3. The molecular formula is C34H31N5O6S. The number of aromatic amines is 1. The van der Waals surface area contributed by atoms with Crippen LogP contribution in [0.4, 0.5) is 0 Å². The minimum Gasteiger partial charge on any atom is -0.497 e. The van der Waals surface area contributed by atoms with Gasteiger partial charge in [-0.25, -0.2) is 9.59 Å². The first-order valence-corrected chi connectivity index (χ1v) is 15.6. The van der Waals surface area contributed by atoms with Crippen LogP contribution < -0.4 is 21.7 Å². The summed E-state index contributed by atoms with van der Waals surface area (Å²) >= 11 is 1.45. The van der Waals surface area contributed by atoms with E-state index in [-0.39, 0.29) is 18.6 Å². The lowest BCUT2D eigenvalue weighted by atomic mass is 9.98. The number of hydrogen-bond donors (Lipinski definition) is 1. The average Bonchev–Trinajstić information content (AvgIpc) is 3.73. The van der Waals surface area contributed by atoms with Crippen LogP contribution in [0.3, 0.4) is 0 Å². The molecule has 0 aliphatic carbocycles. The molecule has 6 aromatic rings. The highest BCUT2D eigenvalue weighted by Crippen LogP contribution is 2.30. The minimum absolute atomic E-state index is 0.0723. The van der Waals surface area contributed by atoms with Crippen molar-refractivity contribution in [3.8, 4) is 28.3 Å². The van der Waals surface area contributed by atoms with Gasteiger partial charge in [0.25, 0.3) is 5.56 Å². The van der Waals surface area contributed by atoms with Crippen molar-refractivity contribution in [3.05, 3.63) is 126 Å². The van der Waals surface area contributed by atoms with Crippen molar-refractivity contribution in [2.75, 3.05) is 13.7 Å². The number of H-pyrrole nitrogens is 1. The average molecular weight is 638 g/mol. The van der Waals surface area contributed by atoms with Crippen LogP contribution in [-0.2, 0) is 24.3 Å². The number of hydrogen-bond acceptors (Lipinski definition) is 9. The molecule has 0 fully saturated rings. The number of nitrogens with one attached hydrogen (secondary N) is 1. The predicted molar refractivity (Wildman–Crippen MR) is 178 cm³/mol. The fourth-order valence-corrected chi connectivity index (χ4v) is 6.29. The number of thiophene rings is 1. The second-order valence-electron chi connectivity index (χ2n) is 10.4. The van der Waals surface area contributed by atoms with Crippen molar-refractivity contribution in [1.82, 2.24) is 19.3 Å². The van der Waals surface area contributed by atoms with Crippen LogP contribution in [0.2, 0.25) is 0 Å². The van der Waals surface area contributed by atoms with Crippen LogP contribution in [-0.4, -0.2) is 38.7 Å². The lowest BCUT2D eigenvalue weighted by Crippen LogP contribution is -2.41. The molecule has 3 heterocycles. The van der Waals surface area contributed by atoms with Crippen LogP contribution in [0.1, 0.15) is 29.9 Å². The van der Waals surface area contributed by atoms with Crippen LogP contribution in [0.15, 0.2) is 103 Å². The molecule has 0 amide bonds. The fourth-order valence-electron chi connectivity index (χ4n) is 5.21. The van der Waals surface area contributed by atoms with Gasteiger partial charge in [0.2, 0.25) is 0 Å². The van der Waals surface area contributed by atoms with E-state index in [0.717, 1.165) is 33.6 Å². The third kappa shape index (κ3) is 6.07. The second-order valence-corrected chi connectivity index (χ2v) is 11.5. The summed E-state index contributed by atoms with van der Waals surface area (Å²) in [4.78, 5) is 49.1. The van der Waals surface area contributed by atoms with E-state index < -0.39 is 11.4 Å². The van der Waals surface area contributed by atoms with Gasteiger partial charge in [-0.05, 0) is 60.4 Å². The van der Waals surface area contributed by atoms with Crippen molar-refractivity contribution in [1.29, 1.82) is 0 Å². The Hall–Kier alpha value is -5.49. The maximum absolute atomic E-state index is 14.1. The standard InChI is InChI=1S/C34H31N5O6S/c1-4-25-18-28-31(40)38(20-29(36-44-5-2)23-14-16-24(43-3)17-15-23)34(42)39(32(28)46-25)19-21-10-12-22(13-11-21)26-8-6-7-9-27(26)30-35-33(41)45-37-30/h6-18H,4-5,19-20H2,1-3H3,(H,35,37,41). The maximum Gasteiger partial charge on any atom is 0.439 e. The largest absolute Gasteiger partial charge is 0.497 e. The molecule has 0 saturated carbocycles. The molecule has 0 aliphatic rings. The summed E-state index contributed by atoms with van der Waals surface area (Å²) in [6, 6.07) is 24.4. The first-order chi connectivity index (χ1) is 22.4. The third-order valence-electron chi connectivity index (χ3n) is 7.56. The molecule has 3 aromatic carbocycles. The highest BCUT2D eigenvalue weighted by Gasteiger charge is 2.19. The molecule has 0 saturated heterocycles. The molecule has 11 nitrogen and oxygen atoms in total. The summed E-state index contributed by atoms with van der Waals surface area (Å²) < 4.78 is 12.9. The minimum atomic E-state index is -0.627. The van der Waals surface area contributed by atoms with Gasteiger partial charge in [-0.1, -0.05) is 65.8 Å². The van der Waals surface area contributed by atoms with Gasteiger partial charge in [0, 0.05) is 16.0 Å². The number of aryl methyl sites for hydroxylation is 1. The highest BCUT2D eigenvalue weighted by molar-refractivity contribution is 7.18. The van der Waals surface area contributed by atoms with Crippen LogP contribution in [0.5, 0.6) is 5.75 Å². The van der Waals surface area contributed by atoms with Crippen molar-refractivity contribution in [2.45, 2.75) is 33.4 Å². The van der Waals surface area contributed by atoms with Gasteiger partial charge in [-0.15, -0.1) is 11.3 Å². The van der Waals surface area contributed by atoms with Crippen molar-refractivity contribution < 1.29 is 14.1 Å². The van der Waals surface area contributed by atoms with Crippen molar-refractivity contribution in [3.63, 3.8) is 0 Å². The molecule has 0 bridgehead atoms. The van der Waals surface area contributed by atoms with E-state index in [4.69, 9.17) is 14.1 Å². The number of ether oxygens (including phenoxy) is 1. The summed E-state index contributed by atoms with van der Waals surface area (Å²) in [5.41, 5.74) is 3.68. The van der Waals surface area contributed by atoms with E-state index in [9.17, 15) is 14.4 Å². The number of methoxy groups -OCH3 is 1. The second kappa shape index (κ2) is 13.2. The van der Waals surface area contributed by atoms with E-state index in [1.807, 2.05) is 80.6 Å². The summed E-state index contributed by atoms with van der Waals surface area (Å²) in [5.74, 6) is 0.388. The van der Waals surface area contributed by atoms with Gasteiger partial charge >= 0.3 is 11.4 Å². The first-order valence-electron chi connectivity index (χ1n) is 14.7. The third-order valence-corrected chi connectivity index (χ3v) is 8.86. The number of fused-ring (bicyclic) bond motifs is 1. The Bertz CT molecular complexity index is 2200. The van der Waals surface area contributed by atoms with Gasteiger partial charge in [-0.3, -0.25) is 23.4 Å². The predicted octanol–water partition coefficient (Wildman–Crippen LogP) is 5.30. The molecule has 1 N–H and O–H groups in total. The molecule has 0 atom stereocenters. The summed E-state index contributed by atoms with van der Waals surface area (Å²) in [7, 11) is 1.58. The van der Waals surface area contributed by atoms with Gasteiger partial charge in [0.1, 0.15) is 22.9 Å². The zero-order valence-electron chi connectivity index (χ0n) is 25.5. The Morgan fingerprint density at radius 1 is 0.957 bits per heavy atom. The Morgan fingerprint density at radius 2 is 1.70 bits per heavy atom. The molecule has 46 heavy (non-hydrogen) atoms. The Labute approximate surface area is 267 Å². The van der Waals surface area contributed by atoms with E-state index in [1.54, 1.807) is 23.8 Å². The fraction of sp³-hybridized carbons (Fsp3) is 0.206. The maximum atomic E-state index is 14.1. The topological polar surface area (TPSA) is 134 Å². The quantitative estimate of drug-likeness (QED) is 0.151. The molecule has 0 radical (unpaired) electrons. The molecule has 12 heteroatoms. The molecule has 6 rings (SSSR count). The van der Waals surface area contributed by atoms with Crippen LogP contribution in [0.25, 0.3) is 32.7 Å². The number of oxime groups is 1. The SMILES string of the molecule is CCON=C(Cn1c(=O)c2cc(CC)sc2n(Cc2ccc(-c3ccccc3-c3noc(=O)[nH]3)cc2)c1=O)c1ccc(OC)cc1. The molecule has 0 aliphatic heterocycles. The number of benzene rings is 3.